The summed E-state index contributed by atoms with van der Waals surface area (Å²) < 4.78 is 19.3. The summed E-state index contributed by atoms with van der Waals surface area (Å²) in [5, 5.41) is 12.1. The Kier molecular flexibility index (Phi) is 4.75. The van der Waals surface area contributed by atoms with E-state index in [0.717, 1.165) is 17.1 Å². The molecular weight excluding hydrogens is 273 g/mol. The fraction of sp³-hybridized carbons (Fsp3) is 0.312. The number of aryl methyl sites for hydroxylation is 2. The van der Waals surface area contributed by atoms with Gasteiger partial charge in [-0.3, -0.25) is 4.79 Å². The van der Waals surface area contributed by atoms with Crippen LogP contribution in [0.1, 0.15) is 35.1 Å². The van der Waals surface area contributed by atoms with Crippen LogP contribution in [0.4, 0.5) is 4.39 Å². The second kappa shape index (κ2) is 6.54. The smallest absolute Gasteiger partial charge is 0.305 e. The molecule has 5 heteroatoms. The first-order valence-electron chi connectivity index (χ1n) is 6.73. The SMILES string of the molecule is Cc1cc(CNC(CC(=O)O)c2ccccc2F)c(C)o1. The molecule has 1 atom stereocenters. The van der Waals surface area contributed by atoms with Gasteiger partial charge in [-0.25, -0.2) is 4.39 Å². The number of rotatable bonds is 6. The fourth-order valence-corrected chi connectivity index (χ4v) is 2.32. The molecule has 0 aliphatic carbocycles. The summed E-state index contributed by atoms with van der Waals surface area (Å²) in [5.41, 5.74) is 1.30. The van der Waals surface area contributed by atoms with Crippen molar-refractivity contribution in [2.75, 3.05) is 0 Å². The van der Waals surface area contributed by atoms with Gasteiger partial charge in [0.2, 0.25) is 0 Å². The third-order valence-corrected chi connectivity index (χ3v) is 3.34. The Bertz CT molecular complexity index is 636. The average Bonchev–Trinajstić information content (AvgIpc) is 2.73. The van der Waals surface area contributed by atoms with Gasteiger partial charge in [0, 0.05) is 23.7 Å². The Morgan fingerprint density at radius 3 is 2.67 bits per heavy atom. The quantitative estimate of drug-likeness (QED) is 0.857. The van der Waals surface area contributed by atoms with Gasteiger partial charge in [0.05, 0.1) is 6.42 Å². The normalized spacial score (nSPS) is 12.3. The lowest BCUT2D eigenvalue weighted by atomic mass is 10.0. The van der Waals surface area contributed by atoms with Crippen molar-refractivity contribution in [3.63, 3.8) is 0 Å². The number of carboxylic acids is 1. The van der Waals surface area contributed by atoms with Crippen molar-refractivity contribution in [3.05, 3.63) is 58.8 Å². The van der Waals surface area contributed by atoms with Gasteiger partial charge in [-0.05, 0) is 26.0 Å². The van der Waals surface area contributed by atoms with Crippen LogP contribution in [0.3, 0.4) is 0 Å². The summed E-state index contributed by atoms with van der Waals surface area (Å²) in [4.78, 5) is 11.0. The van der Waals surface area contributed by atoms with E-state index in [0.29, 0.717) is 12.1 Å². The number of halogens is 1. The Balaban J connectivity index is 2.15. The maximum absolute atomic E-state index is 13.8. The minimum Gasteiger partial charge on any atom is -0.481 e. The molecule has 1 aromatic carbocycles. The molecule has 0 fully saturated rings. The van der Waals surface area contributed by atoms with Crippen molar-refractivity contribution in [1.29, 1.82) is 0 Å². The van der Waals surface area contributed by atoms with E-state index in [2.05, 4.69) is 5.32 Å². The first kappa shape index (κ1) is 15.3. The Labute approximate surface area is 122 Å². The van der Waals surface area contributed by atoms with E-state index in [1.165, 1.54) is 6.07 Å². The zero-order valence-corrected chi connectivity index (χ0v) is 12.0. The molecule has 112 valence electrons. The van der Waals surface area contributed by atoms with Gasteiger partial charge < -0.3 is 14.8 Å². The third-order valence-electron chi connectivity index (χ3n) is 3.34. The number of nitrogens with one attached hydrogen (secondary N) is 1. The second-order valence-electron chi connectivity index (χ2n) is 4.99. The Hall–Kier alpha value is -2.14. The van der Waals surface area contributed by atoms with Gasteiger partial charge in [0.25, 0.3) is 0 Å². The van der Waals surface area contributed by atoms with E-state index < -0.39 is 17.8 Å². The molecular formula is C16H18FNO3. The first-order chi connectivity index (χ1) is 9.97. The van der Waals surface area contributed by atoms with Gasteiger partial charge in [-0.15, -0.1) is 0 Å². The van der Waals surface area contributed by atoms with Crippen LogP contribution in [0.15, 0.2) is 34.7 Å². The molecule has 0 amide bonds. The van der Waals surface area contributed by atoms with Crippen molar-refractivity contribution in [2.45, 2.75) is 32.9 Å². The zero-order chi connectivity index (χ0) is 15.4. The van der Waals surface area contributed by atoms with Crippen molar-refractivity contribution in [2.24, 2.45) is 0 Å². The summed E-state index contributed by atoms with van der Waals surface area (Å²) in [6.45, 7) is 4.12. The highest BCUT2D eigenvalue weighted by Crippen LogP contribution is 2.22. The molecule has 0 bridgehead atoms. The molecule has 0 saturated heterocycles. The van der Waals surface area contributed by atoms with Gasteiger partial charge in [-0.2, -0.15) is 0 Å². The molecule has 0 spiro atoms. The molecule has 0 aliphatic heterocycles. The number of aliphatic carboxylic acids is 1. The molecule has 0 aliphatic rings. The molecule has 0 saturated carbocycles. The van der Waals surface area contributed by atoms with Crippen molar-refractivity contribution in [3.8, 4) is 0 Å². The van der Waals surface area contributed by atoms with Crippen LogP contribution in [0.25, 0.3) is 0 Å². The first-order valence-corrected chi connectivity index (χ1v) is 6.73. The van der Waals surface area contributed by atoms with E-state index in [1.807, 2.05) is 19.9 Å². The largest absolute Gasteiger partial charge is 0.481 e. The van der Waals surface area contributed by atoms with Crippen LogP contribution in [-0.2, 0) is 11.3 Å². The number of carbonyl (C=O) groups is 1. The lowest BCUT2D eigenvalue weighted by Crippen LogP contribution is -2.24. The predicted octanol–water partition coefficient (Wildman–Crippen LogP) is 3.34. The second-order valence-corrected chi connectivity index (χ2v) is 4.99. The van der Waals surface area contributed by atoms with Crippen LogP contribution >= 0.6 is 0 Å². The van der Waals surface area contributed by atoms with Gasteiger partial charge in [0.1, 0.15) is 17.3 Å². The summed E-state index contributed by atoms with van der Waals surface area (Å²) >= 11 is 0. The van der Waals surface area contributed by atoms with Crippen molar-refractivity contribution in [1.82, 2.24) is 5.32 Å². The molecule has 2 N–H and O–H groups in total. The fourth-order valence-electron chi connectivity index (χ4n) is 2.32. The molecule has 4 nitrogen and oxygen atoms in total. The van der Waals surface area contributed by atoms with Crippen LogP contribution in [0, 0.1) is 19.7 Å². The molecule has 0 radical (unpaired) electrons. The summed E-state index contributed by atoms with van der Waals surface area (Å²) in [6.07, 6.45) is -0.184. The maximum Gasteiger partial charge on any atom is 0.305 e. The third kappa shape index (κ3) is 3.92. The van der Waals surface area contributed by atoms with E-state index >= 15 is 0 Å². The maximum atomic E-state index is 13.8. The van der Waals surface area contributed by atoms with Gasteiger partial charge >= 0.3 is 5.97 Å². The van der Waals surface area contributed by atoms with E-state index in [-0.39, 0.29) is 6.42 Å². The highest BCUT2D eigenvalue weighted by molar-refractivity contribution is 5.68. The summed E-state index contributed by atoms with van der Waals surface area (Å²) in [6, 6.07) is 7.52. The topological polar surface area (TPSA) is 62.5 Å². The zero-order valence-electron chi connectivity index (χ0n) is 12.0. The number of furan rings is 1. The monoisotopic (exact) mass is 291 g/mol. The number of hydrogen-bond acceptors (Lipinski definition) is 3. The van der Waals surface area contributed by atoms with E-state index in [4.69, 9.17) is 9.52 Å². The number of hydrogen-bond donors (Lipinski definition) is 2. The minimum atomic E-state index is -0.976. The molecule has 1 unspecified atom stereocenters. The van der Waals surface area contributed by atoms with Crippen LogP contribution in [-0.4, -0.2) is 11.1 Å². The van der Waals surface area contributed by atoms with Crippen molar-refractivity contribution < 1.29 is 18.7 Å². The molecule has 2 rings (SSSR count). The standard InChI is InChI=1S/C16H18FNO3/c1-10-7-12(11(2)21-10)9-18-15(8-16(19)20)13-5-3-4-6-14(13)17/h3-7,15,18H,8-9H2,1-2H3,(H,19,20). The summed E-state index contributed by atoms with van der Waals surface area (Å²) in [5.74, 6) is 0.194. The number of carboxylic acid groups (broad SMARTS) is 1. The van der Waals surface area contributed by atoms with E-state index in [1.54, 1.807) is 18.2 Å². The van der Waals surface area contributed by atoms with Crippen LogP contribution in [0.5, 0.6) is 0 Å². The van der Waals surface area contributed by atoms with Crippen LogP contribution in [0.2, 0.25) is 0 Å². The highest BCUT2D eigenvalue weighted by Gasteiger charge is 2.19. The molecule has 1 heterocycles. The van der Waals surface area contributed by atoms with Crippen LogP contribution < -0.4 is 5.32 Å². The van der Waals surface area contributed by atoms with E-state index in [9.17, 15) is 9.18 Å². The molecule has 2 aromatic rings. The highest BCUT2D eigenvalue weighted by atomic mass is 19.1. The molecule has 21 heavy (non-hydrogen) atoms. The van der Waals surface area contributed by atoms with Gasteiger partial charge in [0.15, 0.2) is 0 Å². The Morgan fingerprint density at radius 1 is 1.38 bits per heavy atom. The Morgan fingerprint density at radius 2 is 2.10 bits per heavy atom. The lowest BCUT2D eigenvalue weighted by Gasteiger charge is -2.17. The molecule has 1 aromatic heterocycles. The lowest BCUT2D eigenvalue weighted by molar-refractivity contribution is -0.137. The number of benzene rings is 1. The minimum absolute atomic E-state index is 0.184. The van der Waals surface area contributed by atoms with Crippen molar-refractivity contribution >= 4 is 5.97 Å². The predicted molar refractivity (Wildman–Crippen MR) is 76.4 cm³/mol. The average molecular weight is 291 g/mol. The summed E-state index contributed by atoms with van der Waals surface area (Å²) in [7, 11) is 0. The van der Waals surface area contributed by atoms with Gasteiger partial charge in [-0.1, -0.05) is 18.2 Å².